The highest BCUT2D eigenvalue weighted by atomic mass is 16.6. The van der Waals surface area contributed by atoms with Crippen LogP contribution in [0.25, 0.3) is 0 Å². The molecule has 1 aliphatic heterocycles. The minimum absolute atomic E-state index is 0.0118. The van der Waals surface area contributed by atoms with Gasteiger partial charge in [-0.2, -0.15) is 0 Å². The highest BCUT2D eigenvalue weighted by Gasteiger charge is 2.29. The fourth-order valence-electron chi connectivity index (χ4n) is 4.20. The van der Waals surface area contributed by atoms with E-state index < -0.39 is 0 Å². The fraction of sp³-hybridized carbons (Fsp3) is 0.852. The lowest BCUT2D eigenvalue weighted by Gasteiger charge is -2.24. The molecule has 0 bridgehead atoms. The van der Waals surface area contributed by atoms with E-state index >= 15 is 0 Å². The highest BCUT2D eigenvalue weighted by molar-refractivity contribution is 5.76. The average Bonchev–Trinajstić information content (AvgIpc) is 3.29. The van der Waals surface area contributed by atoms with Crippen molar-refractivity contribution in [3.05, 3.63) is 11.4 Å². The van der Waals surface area contributed by atoms with Crippen molar-refractivity contribution < 1.29 is 37.8 Å². The molecule has 13 nitrogen and oxygen atoms in total. The lowest BCUT2D eigenvalue weighted by Crippen LogP contribution is -2.42. The van der Waals surface area contributed by atoms with Gasteiger partial charge >= 0.3 is 0 Å². The Hall–Kier alpha value is -2.00. The zero-order valence-corrected chi connectivity index (χ0v) is 25.1. The van der Waals surface area contributed by atoms with Gasteiger partial charge in [-0.25, -0.2) is 0 Å². The van der Waals surface area contributed by atoms with E-state index in [0.29, 0.717) is 72.4 Å². The molecule has 0 saturated carbocycles. The number of hydrogen-bond donors (Lipinski definition) is 4. The number of amides is 2. The van der Waals surface area contributed by atoms with Crippen LogP contribution in [0.1, 0.15) is 38.5 Å². The van der Waals surface area contributed by atoms with E-state index in [1.165, 1.54) is 5.70 Å². The Bertz CT molecular complexity index is 762. The van der Waals surface area contributed by atoms with Gasteiger partial charge in [0, 0.05) is 13.5 Å². The fourth-order valence-corrected chi connectivity index (χ4v) is 4.20. The molecule has 2 rings (SSSR count). The summed E-state index contributed by atoms with van der Waals surface area (Å²) in [6.45, 7) is 6.15. The van der Waals surface area contributed by atoms with Gasteiger partial charge in [0.2, 0.25) is 11.8 Å². The summed E-state index contributed by atoms with van der Waals surface area (Å²) in [4.78, 5) is 23.4. The van der Waals surface area contributed by atoms with Crippen LogP contribution in [0.5, 0.6) is 0 Å². The van der Waals surface area contributed by atoms with E-state index in [-0.39, 0.29) is 24.5 Å². The van der Waals surface area contributed by atoms with Crippen LogP contribution in [0.2, 0.25) is 0 Å². The molecule has 0 fully saturated rings. The molecular weight excluding hydrogens is 520 g/mol. The summed E-state index contributed by atoms with van der Waals surface area (Å²) in [5, 5.41) is 7.58. The summed E-state index contributed by atoms with van der Waals surface area (Å²) in [6, 6.07) is 0. The summed E-state index contributed by atoms with van der Waals surface area (Å²) in [5.74, 6) is -0.111. The van der Waals surface area contributed by atoms with Gasteiger partial charge in [0.05, 0.1) is 105 Å². The average molecular weight is 574 g/mol. The third-order valence-corrected chi connectivity index (χ3v) is 6.51. The summed E-state index contributed by atoms with van der Waals surface area (Å²) in [7, 11) is 7.90. The maximum Gasteiger partial charge on any atom is 0.245 e. The molecule has 1 atom stereocenters. The van der Waals surface area contributed by atoms with E-state index in [4.69, 9.17) is 23.7 Å². The molecule has 0 spiro atoms. The van der Waals surface area contributed by atoms with Gasteiger partial charge in [-0.3, -0.25) is 14.6 Å². The quantitative estimate of drug-likeness (QED) is 0.109. The molecule has 2 amide bonds. The molecule has 0 saturated heterocycles. The maximum absolute atomic E-state index is 11.8. The van der Waals surface area contributed by atoms with Gasteiger partial charge in [0.25, 0.3) is 0 Å². The second-order valence-electron chi connectivity index (χ2n) is 10.9. The van der Waals surface area contributed by atoms with Gasteiger partial charge in [-0.1, -0.05) is 12.8 Å². The number of quaternary nitrogens is 1. The van der Waals surface area contributed by atoms with Crippen LogP contribution in [0.3, 0.4) is 0 Å². The zero-order valence-electron chi connectivity index (χ0n) is 25.1. The molecule has 232 valence electrons. The van der Waals surface area contributed by atoms with Crippen LogP contribution >= 0.6 is 0 Å². The molecule has 2 aliphatic rings. The Labute approximate surface area is 239 Å². The van der Waals surface area contributed by atoms with Gasteiger partial charge in [0.15, 0.2) is 0 Å². The summed E-state index contributed by atoms with van der Waals surface area (Å²) >= 11 is 0. The standard InChI is InChI=1S/C27H52N6O7/c1-28-26(35)22-40-24-9-7-5-6-8-23-27(24)30-31-32(23)12-15-37-17-19-39-21-20-38-18-16-36-14-10-25(34)29-11-13-33(2,3)4/h24,30-31H,5-22H2,1-4H3,(H-,28,29,34,35)/p+1. The van der Waals surface area contributed by atoms with E-state index in [0.717, 1.165) is 48.8 Å². The van der Waals surface area contributed by atoms with Gasteiger partial charge < -0.3 is 44.2 Å². The SMILES string of the molecule is CNC(=O)COC1CCCCCC2=C1NNN2CCOCCOCCOCCOCCC(=O)NCC[N+](C)(C)C. The lowest BCUT2D eigenvalue weighted by atomic mass is 9.99. The Morgan fingerprint density at radius 1 is 0.900 bits per heavy atom. The normalized spacial score (nSPS) is 17.7. The largest absolute Gasteiger partial charge is 0.379 e. The molecule has 1 aliphatic carbocycles. The number of carbonyl (C=O) groups is 2. The van der Waals surface area contributed by atoms with E-state index in [2.05, 4.69) is 47.7 Å². The first kappa shape index (κ1) is 34.2. The van der Waals surface area contributed by atoms with E-state index in [1.807, 2.05) is 0 Å². The van der Waals surface area contributed by atoms with Crippen molar-refractivity contribution in [2.75, 3.05) is 107 Å². The van der Waals surface area contributed by atoms with Crippen LogP contribution in [-0.4, -0.2) is 135 Å². The molecule has 4 N–H and O–H groups in total. The van der Waals surface area contributed by atoms with Crippen LogP contribution < -0.4 is 21.6 Å². The maximum atomic E-state index is 11.8. The Balaban J connectivity index is 1.44. The molecule has 0 radical (unpaired) electrons. The summed E-state index contributed by atoms with van der Waals surface area (Å²) in [6.07, 6.45) is 5.43. The second-order valence-corrected chi connectivity index (χ2v) is 10.9. The van der Waals surface area contributed by atoms with E-state index in [9.17, 15) is 9.59 Å². The Morgan fingerprint density at radius 2 is 1.55 bits per heavy atom. The Kier molecular flexibility index (Phi) is 17.1. The molecule has 40 heavy (non-hydrogen) atoms. The summed E-state index contributed by atoms with van der Waals surface area (Å²) in [5.41, 5.74) is 8.68. The second kappa shape index (κ2) is 20.0. The van der Waals surface area contributed by atoms with Crippen LogP contribution in [-0.2, 0) is 33.3 Å². The van der Waals surface area contributed by atoms with Crippen molar-refractivity contribution in [3.63, 3.8) is 0 Å². The summed E-state index contributed by atoms with van der Waals surface area (Å²) < 4.78 is 29.0. The van der Waals surface area contributed by atoms with Crippen molar-refractivity contribution in [3.8, 4) is 0 Å². The smallest absolute Gasteiger partial charge is 0.245 e. The van der Waals surface area contributed by atoms with Gasteiger partial charge in [0.1, 0.15) is 12.7 Å². The lowest BCUT2D eigenvalue weighted by molar-refractivity contribution is -0.869. The predicted octanol–water partition coefficient (Wildman–Crippen LogP) is -0.103. The van der Waals surface area contributed by atoms with Crippen LogP contribution in [0.4, 0.5) is 0 Å². The minimum Gasteiger partial charge on any atom is -0.379 e. The van der Waals surface area contributed by atoms with Crippen molar-refractivity contribution in [1.82, 2.24) is 26.6 Å². The monoisotopic (exact) mass is 573 g/mol. The molecule has 0 aromatic heterocycles. The number of nitrogens with one attached hydrogen (secondary N) is 4. The molecule has 0 aromatic rings. The van der Waals surface area contributed by atoms with Crippen molar-refractivity contribution in [2.24, 2.45) is 0 Å². The number of carbonyl (C=O) groups excluding carboxylic acids is 2. The molecule has 13 heteroatoms. The molecule has 1 unspecified atom stereocenters. The number of allylic oxidation sites excluding steroid dienone is 1. The zero-order chi connectivity index (χ0) is 29.1. The predicted molar refractivity (Wildman–Crippen MR) is 151 cm³/mol. The molecule has 1 heterocycles. The topological polar surface area (TPSA) is 132 Å². The molecule has 0 aromatic carbocycles. The number of rotatable bonds is 21. The number of hydrazine groups is 2. The van der Waals surface area contributed by atoms with Crippen LogP contribution in [0, 0.1) is 0 Å². The van der Waals surface area contributed by atoms with Gasteiger partial charge in [-0.05, 0) is 19.3 Å². The number of nitrogens with zero attached hydrogens (tertiary/aromatic N) is 2. The van der Waals surface area contributed by atoms with Crippen molar-refractivity contribution in [2.45, 2.75) is 44.6 Å². The third-order valence-electron chi connectivity index (χ3n) is 6.51. The molecular formula is C27H53N6O7+. The first-order valence-electron chi connectivity index (χ1n) is 14.5. The number of ether oxygens (including phenoxy) is 5. The minimum atomic E-state index is -0.123. The van der Waals surface area contributed by atoms with Crippen molar-refractivity contribution >= 4 is 11.8 Å². The number of hydrogen-bond acceptors (Lipinski definition) is 10. The van der Waals surface area contributed by atoms with E-state index in [1.54, 1.807) is 7.05 Å². The Morgan fingerprint density at radius 3 is 2.20 bits per heavy atom. The first-order valence-corrected chi connectivity index (χ1v) is 14.5. The van der Waals surface area contributed by atoms with Crippen LogP contribution in [0.15, 0.2) is 11.4 Å². The highest BCUT2D eigenvalue weighted by Crippen LogP contribution is 2.28. The third kappa shape index (κ3) is 15.1. The number of likely N-dealkylation sites (N-methyl/N-ethyl adjacent to an activating group) is 2. The van der Waals surface area contributed by atoms with Crippen molar-refractivity contribution in [1.29, 1.82) is 0 Å². The van der Waals surface area contributed by atoms with Gasteiger partial charge in [-0.15, -0.1) is 5.53 Å². The first-order chi connectivity index (χ1) is 19.3.